The van der Waals surface area contributed by atoms with Crippen LogP contribution in [0.1, 0.15) is 18.9 Å². The van der Waals surface area contributed by atoms with Crippen LogP contribution in [0.3, 0.4) is 0 Å². The quantitative estimate of drug-likeness (QED) is 0.883. The SMILES string of the molecule is CCCNc1nc(Cl)nc(Nc2ccc(F)cc2C)n1. The van der Waals surface area contributed by atoms with Gasteiger partial charge in [-0.1, -0.05) is 6.92 Å². The lowest BCUT2D eigenvalue weighted by Crippen LogP contribution is -2.08. The number of hydrogen-bond donors (Lipinski definition) is 2. The molecule has 20 heavy (non-hydrogen) atoms. The summed E-state index contributed by atoms with van der Waals surface area (Å²) in [6.07, 6.45) is 0.948. The molecule has 0 radical (unpaired) electrons. The topological polar surface area (TPSA) is 62.7 Å². The van der Waals surface area contributed by atoms with E-state index in [0.717, 1.165) is 24.2 Å². The van der Waals surface area contributed by atoms with Crippen molar-refractivity contribution in [2.45, 2.75) is 20.3 Å². The smallest absolute Gasteiger partial charge is 0.233 e. The van der Waals surface area contributed by atoms with E-state index >= 15 is 0 Å². The molecule has 0 amide bonds. The van der Waals surface area contributed by atoms with Crippen molar-refractivity contribution < 1.29 is 4.39 Å². The van der Waals surface area contributed by atoms with E-state index in [9.17, 15) is 4.39 Å². The summed E-state index contributed by atoms with van der Waals surface area (Å²) in [4.78, 5) is 12.2. The molecule has 0 saturated heterocycles. The van der Waals surface area contributed by atoms with Gasteiger partial charge in [0.1, 0.15) is 5.82 Å². The van der Waals surface area contributed by atoms with Gasteiger partial charge in [0.05, 0.1) is 0 Å². The third-order valence-corrected chi connectivity index (χ3v) is 2.75. The van der Waals surface area contributed by atoms with Crippen LogP contribution in [-0.4, -0.2) is 21.5 Å². The van der Waals surface area contributed by atoms with Gasteiger partial charge < -0.3 is 10.6 Å². The fourth-order valence-electron chi connectivity index (χ4n) is 1.61. The second-order valence-electron chi connectivity index (χ2n) is 4.26. The van der Waals surface area contributed by atoms with Gasteiger partial charge >= 0.3 is 0 Å². The van der Waals surface area contributed by atoms with E-state index in [1.54, 1.807) is 13.0 Å². The Morgan fingerprint density at radius 2 is 1.95 bits per heavy atom. The standard InChI is InChI=1S/C13H15ClFN5/c1-3-6-16-12-18-11(14)19-13(20-12)17-10-5-4-9(15)7-8(10)2/h4-5,7H,3,6H2,1-2H3,(H2,16,17,18,19,20). The van der Waals surface area contributed by atoms with Crippen molar-refractivity contribution in [2.24, 2.45) is 0 Å². The first-order chi connectivity index (χ1) is 9.58. The Balaban J connectivity index is 2.21. The third-order valence-electron chi connectivity index (χ3n) is 2.58. The lowest BCUT2D eigenvalue weighted by atomic mass is 10.2. The maximum absolute atomic E-state index is 13.1. The van der Waals surface area contributed by atoms with E-state index in [1.165, 1.54) is 12.1 Å². The van der Waals surface area contributed by atoms with Crippen LogP contribution in [0.4, 0.5) is 22.0 Å². The molecule has 1 heterocycles. The van der Waals surface area contributed by atoms with E-state index in [2.05, 4.69) is 25.6 Å². The van der Waals surface area contributed by atoms with Gasteiger partial charge in [-0.3, -0.25) is 0 Å². The maximum Gasteiger partial charge on any atom is 0.233 e. The molecule has 7 heteroatoms. The van der Waals surface area contributed by atoms with E-state index < -0.39 is 0 Å². The number of benzene rings is 1. The van der Waals surface area contributed by atoms with Gasteiger partial charge in [-0.25, -0.2) is 4.39 Å². The van der Waals surface area contributed by atoms with Gasteiger partial charge in [0, 0.05) is 12.2 Å². The molecule has 2 aromatic rings. The summed E-state index contributed by atoms with van der Waals surface area (Å²) in [6, 6.07) is 4.43. The predicted molar refractivity (Wildman–Crippen MR) is 78.0 cm³/mol. The molecule has 0 saturated carbocycles. The zero-order valence-corrected chi connectivity index (χ0v) is 12.0. The van der Waals surface area contributed by atoms with Crippen molar-refractivity contribution in [2.75, 3.05) is 17.2 Å². The van der Waals surface area contributed by atoms with Crippen LogP contribution in [-0.2, 0) is 0 Å². The maximum atomic E-state index is 13.1. The van der Waals surface area contributed by atoms with Crippen molar-refractivity contribution in [3.8, 4) is 0 Å². The molecule has 0 aliphatic rings. The van der Waals surface area contributed by atoms with Crippen LogP contribution in [0.2, 0.25) is 5.28 Å². The number of aromatic nitrogens is 3. The van der Waals surface area contributed by atoms with E-state index in [4.69, 9.17) is 11.6 Å². The number of hydrogen-bond acceptors (Lipinski definition) is 5. The normalized spacial score (nSPS) is 10.4. The van der Waals surface area contributed by atoms with Crippen LogP contribution in [0.25, 0.3) is 0 Å². The van der Waals surface area contributed by atoms with Crippen molar-refractivity contribution in [3.05, 3.63) is 34.9 Å². The van der Waals surface area contributed by atoms with Crippen molar-refractivity contribution in [3.63, 3.8) is 0 Å². The lowest BCUT2D eigenvalue weighted by molar-refractivity contribution is 0.627. The fraction of sp³-hybridized carbons (Fsp3) is 0.308. The van der Waals surface area contributed by atoms with Crippen LogP contribution in [0.15, 0.2) is 18.2 Å². The van der Waals surface area contributed by atoms with Crippen molar-refractivity contribution in [1.82, 2.24) is 15.0 Å². The predicted octanol–water partition coefficient (Wildman–Crippen LogP) is 3.54. The molecule has 0 aliphatic heterocycles. The Morgan fingerprint density at radius 3 is 2.65 bits per heavy atom. The van der Waals surface area contributed by atoms with Gasteiger partial charge in [-0.05, 0) is 48.7 Å². The van der Waals surface area contributed by atoms with Gasteiger partial charge in [-0.2, -0.15) is 15.0 Å². The highest BCUT2D eigenvalue weighted by Crippen LogP contribution is 2.20. The molecule has 2 rings (SSSR count). The van der Waals surface area contributed by atoms with Gasteiger partial charge in [0.15, 0.2) is 0 Å². The Labute approximate surface area is 121 Å². The summed E-state index contributed by atoms with van der Waals surface area (Å²) in [6.45, 7) is 4.58. The number of anilines is 3. The molecule has 0 spiro atoms. The summed E-state index contributed by atoms with van der Waals surface area (Å²) in [5, 5.41) is 6.14. The van der Waals surface area contributed by atoms with Crippen LogP contribution in [0.5, 0.6) is 0 Å². The number of halogens is 2. The number of rotatable bonds is 5. The second kappa shape index (κ2) is 6.47. The molecule has 0 fully saturated rings. The summed E-state index contributed by atoms with van der Waals surface area (Å²) < 4.78 is 13.1. The number of aryl methyl sites for hydroxylation is 1. The van der Waals surface area contributed by atoms with E-state index in [0.29, 0.717) is 11.9 Å². The zero-order valence-electron chi connectivity index (χ0n) is 11.2. The van der Waals surface area contributed by atoms with Gasteiger partial charge in [-0.15, -0.1) is 0 Å². The van der Waals surface area contributed by atoms with E-state index in [-0.39, 0.29) is 11.1 Å². The minimum Gasteiger partial charge on any atom is -0.354 e. The minimum absolute atomic E-state index is 0.0980. The molecule has 0 aliphatic carbocycles. The zero-order chi connectivity index (χ0) is 14.5. The first kappa shape index (κ1) is 14.5. The molecule has 0 unspecified atom stereocenters. The van der Waals surface area contributed by atoms with Gasteiger partial charge in [0.25, 0.3) is 0 Å². The van der Waals surface area contributed by atoms with Crippen LogP contribution >= 0.6 is 11.6 Å². The first-order valence-corrected chi connectivity index (χ1v) is 6.65. The Kier molecular flexibility index (Phi) is 4.68. The average molecular weight is 296 g/mol. The molecule has 5 nitrogen and oxygen atoms in total. The molecule has 2 N–H and O–H groups in total. The number of nitrogens with one attached hydrogen (secondary N) is 2. The molecule has 106 valence electrons. The Bertz CT molecular complexity index is 605. The Morgan fingerprint density at radius 1 is 1.20 bits per heavy atom. The summed E-state index contributed by atoms with van der Waals surface area (Å²) in [7, 11) is 0. The van der Waals surface area contributed by atoms with Gasteiger partial charge in [0.2, 0.25) is 17.2 Å². The number of nitrogens with zero attached hydrogens (tertiary/aromatic N) is 3. The summed E-state index contributed by atoms with van der Waals surface area (Å²) in [5.74, 6) is 0.444. The highest BCUT2D eigenvalue weighted by Gasteiger charge is 2.07. The first-order valence-electron chi connectivity index (χ1n) is 6.27. The molecule has 1 aromatic heterocycles. The fourth-order valence-corrected chi connectivity index (χ4v) is 1.77. The minimum atomic E-state index is -0.285. The average Bonchev–Trinajstić information content (AvgIpc) is 2.39. The van der Waals surface area contributed by atoms with Crippen molar-refractivity contribution >= 4 is 29.2 Å². The largest absolute Gasteiger partial charge is 0.354 e. The van der Waals surface area contributed by atoms with E-state index in [1.807, 2.05) is 6.92 Å². The highest BCUT2D eigenvalue weighted by atomic mass is 35.5. The lowest BCUT2D eigenvalue weighted by Gasteiger charge is -2.09. The monoisotopic (exact) mass is 295 g/mol. The van der Waals surface area contributed by atoms with Crippen LogP contribution in [0, 0.1) is 12.7 Å². The molecular weight excluding hydrogens is 281 g/mol. The molecule has 0 bridgehead atoms. The Hall–Kier alpha value is -1.95. The molecular formula is C13H15ClFN5. The molecule has 1 aromatic carbocycles. The second-order valence-corrected chi connectivity index (χ2v) is 4.60. The summed E-state index contributed by atoms with van der Waals surface area (Å²) in [5.41, 5.74) is 1.47. The highest BCUT2D eigenvalue weighted by molar-refractivity contribution is 6.28. The third kappa shape index (κ3) is 3.77. The van der Waals surface area contributed by atoms with Crippen molar-refractivity contribution in [1.29, 1.82) is 0 Å². The summed E-state index contributed by atoms with van der Waals surface area (Å²) >= 11 is 5.86. The van der Waals surface area contributed by atoms with Crippen LogP contribution < -0.4 is 10.6 Å². The molecule has 0 atom stereocenters.